The molecule has 0 radical (unpaired) electrons. The van der Waals surface area contributed by atoms with Gasteiger partial charge in [-0.1, -0.05) is 0 Å². The number of hydrogen-bond donors (Lipinski definition) is 1. The van der Waals surface area contributed by atoms with E-state index in [0.717, 1.165) is 18.1 Å². The van der Waals surface area contributed by atoms with Crippen molar-refractivity contribution >= 4 is 0 Å². The van der Waals surface area contributed by atoms with Gasteiger partial charge in [-0.05, 0) is 59.5 Å². The Morgan fingerprint density at radius 2 is 2.00 bits per heavy atom. The molecule has 2 aliphatic carbocycles. The van der Waals surface area contributed by atoms with Crippen molar-refractivity contribution in [3.8, 4) is 0 Å². The van der Waals surface area contributed by atoms with E-state index in [1.165, 1.54) is 51.6 Å². The third kappa shape index (κ3) is 2.33. The number of hydrogen-bond acceptors (Lipinski definition) is 3. The van der Waals surface area contributed by atoms with Gasteiger partial charge < -0.3 is 10.2 Å². The Labute approximate surface area is 112 Å². The standard InChI is InChI=1S/C15H29N3/c1-12-9-13(10-18(12)14-5-6-14)16-11-15(17(2)3)7-4-8-15/h12-14,16H,4-11H2,1-3H3. The minimum Gasteiger partial charge on any atom is -0.311 e. The van der Waals surface area contributed by atoms with Crippen LogP contribution >= 0.6 is 0 Å². The maximum atomic E-state index is 3.87. The minimum absolute atomic E-state index is 0.468. The number of likely N-dealkylation sites (N-methyl/N-ethyl adjacent to an activating group) is 1. The molecule has 1 aliphatic heterocycles. The zero-order chi connectivity index (χ0) is 12.8. The van der Waals surface area contributed by atoms with Gasteiger partial charge in [-0.25, -0.2) is 0 Å². The molecule has 1 heterocycles. The Hall–Kier alpha value is -0.120. The van der Waals surface area contributed by atoms with Gasteiger partial charge in [0.2, 0.25) is 0 Å². The smallest absolute Gasteiger partial charge is 0.0328 e. The Morgan fingerprint density at radius 1 is 1.28 bits per heavy atom. The van der Waals surface area contributed by atoms with E-state index in [-0.39, 0.29) is 0 Å². The Morgan fingerprint density at radius 3 is 2.50 bits per heavy atom. The van der Waals surface area contributed by atoms with Crippen molar-refractivity contribution in [1.29, 1.82) is 0 Å². The van der Waals surface area contributed by atoms with Crippen LogP contribution in [0.1, 0.15) is 45.4 Å². The quantitative estimate of drug-likeness (QED) is 0.802. The first-order chi connectivity index (χ1) is 8.61. The highest BCUT2D eigenvalue weighted by molar-refractivity contribution is 5.01. The van der Waals surface area contributed by atoms with Crippen LogP contribution in [0.25, 0.3) is 0 Å². The highest BCUT2D eigenvalue weighted by atomic mass is 15.3. The molecule has 2 saturated carbocycles. The summed E-state index contributed by atoms with van der Waals surface area (Å²) in [7, 11) is 4.49. The van der Waals surface area contributed by atoms with E-state index < -0.39 is 0 Å². The molecule has 18 heavy (non-hydrogen) atoms. The predicted octanol–water partition coefficient (Wildman–Crippen LogP) is 1.69. The molecule has 3 rings (SSSR count). The average molecular weight is 251 g/mol. The second-order valence-corrected chi connectivity index (χ2v) is 7.06. The van der Waals surface area contributed by atoms with Crippen LogP contribution < -0.4 is 5.32 Å². The Balaban J connectivity index is 1.49. The van der Waals surface area contributed by atoms with Crippen molar-refractivity contribution in [2.45, 2.75) is 69.1 Å². The van der Waals surface area contributed by atoms with Crippen molar-refractivity contribution in [2.75, 3.05) is 27.2 Å². The zero-order valence-corrected chi connectivity index (χ0v) is 12.3. The van der Waals surface area contributed by atoms with Crippen LogP contribution in [0.5, 0.6) is 0 Å². The highest BCUT2D eigenvalue weighted by Gasteiger charge is 2.42. The van der Waals surface area contributed by atoms with E-state index in [2.05, 4.69) is 36.1 Å². The first kappa shape index (κ1) is 12.9. The number of rotatable bonds is 5. The van der Waals surface area contributed by atoms with Gasteiger partial charge in [0, 0.05) is 36.8 Å². The lowest BCUT2D eigenvalue weighted by Crippen LogP contribution is -2.58. The normalized spacial score (nSPS) is 36.0. The second kappa shape index (κ2) is 4.77. The molecule has 1 N–H and O–H groups in total. The summed E-state index contributed by atoms with van der Waals surface area (Å²) in [6, 6.07) is 2.46. The van der Waals surface area contributed by atoms with Crippen LogP contribution in [-0.2, 0) is 0 Å². The molecule has 2 atom stereocenters. The SMILES string of the molecule is CC1CC(NCC2(N(C)C)CCC2)CN1C1CC1. The van der Waals surface area contributed by atoms with Crippen LogP contribution in [0, 0.1) is 0 Å². The third-order valence-electron chi connectivity index (χ3n) is 5.59. The lowest BCUT2D eigenvalue weighted by atomic mass is 9.75. The van der Waals surface area contributed by atoms with E-state index in [9.17, 15) is 0 Å². The van der Waals surface area contributed by atoms with Gasteiger partial charge in [-0.2, -0.15) is 0 Å². The van der Waals surface area contributed by atoms with Crippen molar-refractivity contribution in [3.05, 3.63) is 0 Å². The molecule has 0 bridgehead atoms. The molecule has 3 fully saturated rings. The highest BCUT2D eigenvalue weighted by Crippen LogP contribution is 2.36. The van der Waals surface area contributed by atoms with Crippen molar-refractivity contribution in [1.82, 2.24) is 15.1 Å². The van der Waals surface area contributed by atoms with Gasteiger partial charge in [0.15, 0.2) is 0 Å². The van der Waals surface area contributed by atoms with Crippen LogP contribution in [0.15, 0.2) is 0 Å². The first-order valence-electron chi connectivity index (χ1n) is 7.77. The summed E-state index contributed by atoms with van der Waals surface area (Å²) < 4.78 is 0. The van der Waals surface area contributed by atoms with Gasteiger partial charge in [0.25, 0.3) is 0 Å². The van der Waals surface area contributed by atoms with E-state index in [1.54, 1.807) is 0 Å². The zero-order valence-electron chi connectivity index (χ0n) is 12.3. The predicted molar refractivity (Wildman–Crippen MR) is 75.9 cm³/mol. The molecule has 0 spiro atoms. The number of nitrogens with zero attached hydrogens (tertiary/aromatic N) is 2. The summed E-state index contributed by atoms with van der Waals surface area (Å²) >= 11 is 0. The monoisotopic (exact) mass is 251 g/mol. The van der Waals surface area contributed by atoms with E-state index in [1.807, 2.05) is 0 Å². The molecular weight excluding hydrogens is 222 g/mol. The second-order valence-electron chi connectivity index (χ2n) is 7.06. The van der Waals surface area contributed by atoms with E-state index in [4.69, 9.17) is 0 Å². The fraction of sp³-hybridized carbons (Fsp3) is 1.00. The molecular formula is C15H29N3. The van der Waals surface area contributed by atoms with Gasteiger partial charge in [0.05, 0.1) is 0 Å². The minimum atomic E-state index is 0.468. The lowest BCUT2D eigenvalue weighted by Gasteiger charge is -2.48. The molecule has 2 unspecified atom stereocenters. The van der Waals surface area contributed by atoms with E-state index in [0.29, 0.717) is 5.54 Å². The van der Waals surface area contributed by atoms with Crippen LogP contribution in [0.3, 0.4) is 0 Å². The van der Waals surface area contributed by atoms with Crippen molar-refractivity contribution < 1.29 is 0 Å². The molecule has 1 saturated heterocycles. The largest absolute Gasteiger partial charge is 0.311 e. The summed E-state index contributed by atoms with van der Waals surface area (Å²) in [5, 5.41) is 3.87. The third-order valence-corrected chi connectivity index (χ3v) is 5.59. The van der Waals surface area contributed by atoms with Gasteiger partial charge in [0.1, 0.15) is 0 Å². The first-order valence-corrected chi connectivity index (χ1v) is 7.77. The molecule has 0 amide bonds. The summed E-state index contributed by atoms with van der Waals surface area (Å²) in [4.78, 5) is 5.18. The van der Waals surface area contributed by atoms with Gasteiger partial charge >= 0.3 is 0 Å². The molecule has 3 nitrogen and oxygen atoms in total. The average Bonchev–Trinajstić information content (AvgIpc) is 3.01. The Kier molecular flexibility index (Phi) is 3.41. The summed E-state index contributed by atoms with van der Waals surface area (Å²) in [6.45, 7) is 4.89. The number of likely N-dealkylation sites (tertiary alicyclic amines) is 1. The topological polar surface area (TPSA) is 18.5 Å². The van der Waals surface area contributed by atoms with Crippen LogP contribution in [0.4, 0.5) is 0 Å². The molecule has 0 aromatic heterocycles. The lowest BCUT2D eigenvalue weighted by molar-refractivity contribution is 0.0573. The van der Waals surface area contributed by atoms with Crippen molar-refractivity contribution in [3.63, 3.8) is 0 Å². The maximum absolute atomic E-state index is 3.87. The van der Waals surface area contributed by atoms with E-state index >= 15 is 0 Å². The molecule has 3 heteroatoms. The van der Waals surface area contributed by atoms with Crippen LogP contribution in [-0.4, -0.2) is 60.6 Å². The Bertz CT molecular complexity index is 294. The fourth-order valence-corrected chi connectivity index (χ4v) is 3.82. The number of nitrogens with one attached hydrogen (secondary N) is 1. The molecule has 3 aliphatic rings. The van der Waals surface area contributed by atoms with Gasteiger partial charge in [-0.15, -0.1) is 0 Å². The molecule has 0 aromatic carbocycles. The fourth-order valence-electron chi connectivity index (χ4n) is 3.82. The van der Waals surface area contributed by atoms with Crippen LogP contribution in [0.2, 0.25) is 0 Å². The summed E-state index contributed by atoms with van der Waals surface area (Å²) in [6.07, 6.45) is 8.40. The summed E-state index contributed by atoms with van der Waals surface area (Å²) in [5.41, 5.74) is 0.468. The molecule has 0 aromatic rings. The van der Waals surface area contributed by atoms with Gasteiger partial charge in [-0.3, -0.25) is 4.90 Å². The maximum Gasteiger partial charge on any atom is 0.0328 e. The summed E-state index contributed by atoms with van der Waals surface area (Å²) in [5.74, 6) is 0. The van der Waals surface area contributed by atoms with Crippen molar-refractivity contribution in [2.24, 2.45) is 0 Å². The molecule has 104 valence electrons.